The van der Waals surface area contributed by atoms with Crippen molar-refractivity contribution in [3.05, 3.63) is 95.7 Å². The predicted octanol–water partition coefficient (Wildman–Crippen LogP) is 6.55. The smallest absolute Gasteiger partial charge is 0.254 e. The van der Waals surface area contributed by atoms with Crippen LogP contribution in [-0.4, -0.2) is 151 Å². The molecule has 1 unspecified atom stereocenters. The molecular formula is C56H68N12O8S. The molecule has 406 valence electrons. The van der Waals surface area contributed by atoms with Crippen molar-refractivity contribution in [2.75, 3.05) is 61.4 Å². The molecule has 4 aliphatic heterocycles. The van der Waals surface area contributed by atoms with Crippen LogP contribution in [-0.2, 0) is 14.3 Å². The van der Waals surface area contributed by atoms with Gasteiger partial charge in [-0.3, -0.25) is 19.5 Å². The van der Waals surface area contributed by atoms with E-state index in [-0.39, 0.29) is 66.8 Å². The van der Waals surface area contributed by atoms with Crippen LogP contribution < -0.4 is 30.3 Å². The molecule has 6 aromatic rings. The zero-order valence-electron chi connectivity index (χ0n) is 44.0. The fourth-order valence-corrected chi connectivity index (χ4v) is 12.6. The van der Waals surface area contributed by atoms with E-state index in [1.54, 1.807) is 41.2 Å². The molecule has 6 atom stereocenters. The van der Waals surface area contributed by atoms with E-state index in [1.165, 1.54) is 4.90 Å². The van der Waals surface area contributed by atoms with Crippen LogP contribution in [0.15, 0.2) is 83.1 Å². The first kappa shape index (κ1) is 52.1. The molecule has 5 fully saturated rings. The number of aliphatic hydroxyl groups is 1. The maximum atomic E-state index is 14.2. The average molecular weight is 1070 g/mol. The van der Waals surface area contributed by atoms with Gasteiger partial charge in [0.2, 0.25) is 17.7 Å². The van der Waals surface area contributed by atoms with Crippen LogP contribution in [0.25, 0.3) is 21.7 Å². The predicted molar refractivity (Wildman–Crippen MR) is 290 cm³/mol. The first-order chi connectivity index (χ1) is 37.3. The number of nitrogens with two attached hydrogens (primary N) is 1. The van der Waals surface area contributed by atoms with Crippen LogP contribution in [0.5, 0.6) is 17.5 Å². The Kier molecular flexibility index (Phi) is 15.3. The van der Waals surface area contributed by atoms with Crippen molar-refractivity contribution in [2.24, 2.45) is 5.92 Å². The summed E-state index contributed by atoms with van der Waals surface area (Å²) in [5, 5.41) is 36.9. The number of carbonyl (C=O) groups is 2. The van der Waals surface area contributed by atoms with Gasteiger partial charge in [0.1, 0.15) is 30.4 Å². The first-order valence-electron chi connectivity index (χ1n) is 27.0. The fraction of sp³-hybridized carbons (Fsp3) is 0.500. The van der Waals surface area contributed by atoms with Gasteiger partial charge < -0.3 is 54.7 Å². The summed E-state index contributed by atoms with van der Waals surface area (Å²) >= 11 is 1.55. The lowest BCUT2D eigenvalue weighted by Gasteiger charge is -2.43. The van der Waals surface area contributed by atoms with Crippen molar-refractivity contribution >= 4 is 40.3 Å². The number of nitrogens with zero attached hydrogens (tertiary/aromatic N) is 10. The quantitative estimate of drug-likeness (QED) is 0.0713. The number of thiazole rings is 1. The molecule has 5 N–H and O–H groups in total. The van der Waals surface area contributed by atoms with Crippen molar-refractivity contribution in [3.63, 3.8) is 0 Å². The monoisotopic (exact) mass is 1070 g/mol. The third-order valence-electron chi connectivity index (χ3n) is 15.9. The normalized spacial score (nSPS) is 23.5. The van der Waals surface area contributed by atoms with Crippen molar-refractivity contribution in [1.29, 1.82) is 0 Å². The van der Waals surface area contributed by atoms with Crippen LogP contribution in [0.2, 0.25) is 0 Å². The molecule has 9 heterocycles. The van der Waals surface area contributed by atoms with Crippen LogP contribution in [0.1, 0.15) is 94.8 Å². The molecule has 21 heteroatoms. The molecule has 5 aliphatic rings. The van der Waals surface area contributed by atoms with Gasteiger partial charge in [-0.1, -0.05) is 32.0 Å². The minimum Gasteiger partial charge on any atom is -0.507 e. The number of nitrogen functional groups attached to an aromatic ring is 1. The summed E-state index contributed by atoms with van der Waals surface area (Å²) in [6, 6.07) is 18.0. The number of anilines is 3. The van der Waals surface area contributed by atoms with Crippen LogP contribution in [0.3, 0.4) is 0 Å². The zero-order chi connectivity index (χ0) is 53.3. The Morgan fingerprint density at radius 3 is 2.42 bits per heavy atom. The van der Waals surface area contributed by atoms with Crippen molar-refractivity contribution < 1.29 is 38.5 Å². The average Bonchev–Trinajstić information content (AvgIpc) is 4.22. The second-order valence-corrected chi connectivity index (χ2v) is 22.4. The van der Waals surface area contributed by atoms with E-state index in [2.05, 4.69) is 62.5 Å². The van der Waals surface area contributed by atoms with E-state index in [1.807, 2.05) is 64.2 Å². The Labute approximate surface area is 451 Å². The highest BCUT2D eigenvalue weighted by Gasteiger charge is 2.45. The highest BCUT2D eigenvalue weighted by molar-refractivity contribution is 7.13. The molecule has 4 saturated heterocycles. The fourth-order valence-electron chi connectivity index (χ4n) is 11.8. The van der Waals surface area contributed by atoms with Gasteiger partial charge in [-0.25, -0.2) is 9.97 Å². The Hall–Kier alpha value is -6.94. The number of aromatic hydroxyl groups is 1. The second kappa shape index (κ2) is 22.6. The Balaban J connectivity index is 0.601. The molecule has 0 radical (unpaired) electrons. The van der Waals surface area contributed by atoms with Gasteiger partial charge in [-0.2, -0.15) is 0 Å². The number of rotatable bonds is 18. The highest BCUT2D eigenvalue weighted by atomic mass is 32.1. The highest BCUT2D eigenvalue weighted by Crippen LogP contribution is 2.41. The molecule has 1 saturated carbocycles. The Bertz CT molecular complexity index is 3000. The largest absolute Gasteiger partial charge is 0.507 e. The van der Waals surface area contributed by atoms with E-state index in [4.69, 9.17) is 24.5 Å². The number of phenols is 1. The van der Waals surface area contributed by atoms with Gasteiger partial charge in [0.25, 0.3) is 5.88 Å². The van der Waals surface area contributed by atoms with Gasteiger partial charge in [-0.15, -0.1) is 21.5 Å². The standard InChI is InChI=1S/C56H68N12O8S/c1-32(2)52(56(72)67-30-39(69)22-47(67)55(71)61-33(3)44-12-9-35(27-59-44)53-34(4)60-31-77-53)49-26-51(64-76-49)73-20-19-65-17-14-40(15-18-65)74-41-23-42(24-41)75-50-21-36(13-16-58-50)68-37-10-11-38(68)29-66(28-37)46-25-45(62-63-54(46)57)43-7-5-6-8-48(43)70/h5-9,12-13,16,21,25-27,31-33,37-42,47,52,69-70H,10-11,14-15,17-20,22-24,28-30H2,1-4H3,(H2,57,63)(H,61,71)/t33-,37+,38?,39+,41?,42?,47-,52-/m0/s1. The number of carbonyl (C=O) groups excluding carboxylic acids is 2. The summed E-state index contributed by atoms with van der Waals surface area (Å²) in [5.41, 5.74) is 13.9. The van der Waals surface area contributed by atoms with E-state index >= 15 is 0 Å². The van der Waals surface area contributed by atoms with Crippen LogP contribution in [0, 0.1) is 12.8 Å². The lowest BCUT2D eigenvalue weighted by atomic mass is 9.91. The molecule has 2 bridgehead atoms. The SMILES string of the molecule is Cc1ncsc1-c1ccc([C@H](C)NC(=O)[C@@H]2C[C@@H](O)CN2C(=O)[C@H](c2cc(OCCN3CCC(OC4CC(Oc5cc(N6C7CC[C@@H]6CN(c6cc(-c8ccccc8O)nnc6N)C7)ccn5)C4)CC3)no2)C(C)C)nc1. The van der Waals surface area contributed by atoms with Crippen LogP contribution >= 0.6 is 11.3 Å². The molecule has 2 amide bonds. The summed E-state index contributed by atoms with van der Waals surface area (Å²) in [6.07, 6.45) is 8.95. The summed E-state index contributed by atoms with van der Waals surface area (Å²) in [5.74, 6) is 0.240. The Morgan fingerprint density at radius 2 is 1.69 bits per heavy atom. The number of aliphatic hydroxyl groups excluding tert-OH is 1. The molecule has 1 aromatic carbocycles. The summed E-state index contributed by atoms with van der Waals surface area (Å²) in [7, 11) is 0. The van der Waals surface area contributed by atoms with Crippen molar-refractivity contribution in [1.82, 2.24) is 45.4 Å². The van der Waals surface area contributed by atoms with E-state index < -0.39 is 24.1 Å². The molecule has 77 heavy (non-hydrogen) atoms. The van der Waals surface area contributed by atoms with Gasteiger partial charge in [0, 0.05) is 112 Å². The number of pyridine rings is 2. The number of phenolic OH excluding ortho intramolecular Hbond substituents is 1. The maximum absolute atomic E-state index is 14.2. The third-order valence-corrected chi connectivity index (χ3v) is 16.9. The number of piperidine rings is 1. The minimum atomic E-state index is -0.857. The molecule has 11 rings (SSSR count). The number of β-amino-alcohol motifs (C(OH)–C–C–N with tert-alkyl or cyclic N) is 1. The first-order valence-corrected chi connectivity index (χ1v) is 27.9. The number of para-hydroxylation sites is 1. The number of likely N-dealkylation sites (tertiary alicyclic amines) is 2. The summed E-state index contributed by atoms with van der Waals surface area (Å²) < 4.78 is 24.7. The number of aromatic nitrogens is 6. The van der Waals surface area contributed by atoms with Crippen molar-refractivity contribution in [3.8, 4) is 39.2 Å². The number of piperazine rings is 1. The number of benzene rings is 1. The number of hydrogen-bond acceptors (Lipinski definition) is 19. The lowest BCUT2D eigenvalue weighted by Crippen LogP contribution is -2.54. The second-order valence-electron chi connectivity index (χ2n) is 21.6. The number of hydrogen-bond donors (Lipinski definition) is 4. The summed E-state index contributed by atoms with van der Waals surface area (Å²) in [6.45, 7) is 12.1. The molecule has 20 nitrogen and oxygen atoms in total. The minimum absolute atomic E-state index is 0.0372. The number of aryl methyl sites for hydroxylation is 1. The third kappa shape index (κ3) is 11.4. The molecule has 1 aliphatic carbocycles. The zero-order valence-corrected chi connectivity index (χ0v) is 44.8. The van der Waals surface area contributed by atoms with E-state index in [0.717, 1.165) is 92.2 Å². The van der Waals surface area contributed by atoms with Gasteiger partial charge in [0.15, 0.2) is 11.6 Å². The number of nitrogens with one attached hydrogen (secondary N) is 1. The number of amides is 2. The Morgan fingerprint density at radius 1 is 0.896 bits per heavy atom. The molecule has 5 aromatic heterocycles. The topological polar surface area (TPSA) is 244 Å². The van der Waals surface area contributed by atoms with E-state index in [9.17, 15) is 19.8 Å². The molecular weight excluding hydrogens is 1000 g/mol. The van der Waals surface area contributed by atoms with Gasteiger partial charge in [0.05, 0.1) is 57.5 Å². The number of fused-ring (bicyclic) bond motifs is 2. The van der Waals surface area contributed by atoms with Gasteiger partial charge in [-0.05, 0) is 80.9 Å². The maximum Gasteiger partial charge on any atom is 0.254 e. The van der Waals surface area contributed by atoms with Crippen LogP contribution in [0.4, 0.5) is 17.2 Å². The summed E-state index contributed by atoms with van der Waals surface area (Å²) in [4.78, 5) is 51.2. The van der Waals surface area contributed by atoms with Crippen molar-refractivity contribution in [2.45, 2.75) is 127 Å². The lowest BCUT2D eigenvalue weighted by molar-refractivity contribution is -0.141. The van der Waals surface area contributed by atoms with E-state index in [0.29, 0.717) is 53.4 Å². The number of ether oxygens (including phenoxy) is 3. The van der Waals surface area contributed by atoms with Gasteiger partial charge >= 0.3 is 0 Å². The molecule has 0 spiro atoms.